The van der Waals surface area contributed by atoms with Crippen LogP contribution in [0.5, 0.6) is 0 Å². The van der Waals surface area contributed by atoms with E-state index in [2.05, 4.69) is 11.8 Å². The van der Waals surface area contributed by atoms with Crippen molar-refractivity contribution in [1.82, 2.24) is 0 Å². The first-order chi connectivity index (χ1) is 18.1. The Morgan fingerprint density at radius 3 is 1.97 bits per heavy atom. The van der Waals surface area contributed by atoms with Crippen LogP contribution < -0.4 is 0 Å². The van der Waals surface area contributed by atoms with Crippen LogP contribution in [0.1, 0.15) is 37.0 Å². The summed E-state index contributed by atoms with van der Waals surface area (Å²) in [5.41, 5.74) is 4.36. The highest BCUT2D eigenvalue weighted by molar-refractivity contribution is 6.10. The molecule has 2 unspecified atom stereocenters. The number of rotatable bonds is 6. The molecule has 2 bridgehead atoms. The first-order valence-corrected chi connectivity index (χ1v) is 12.6. The average Bonchev–Trinajstić information content (AvgIpc) is 3.46. The molecule has 184 valence electrons. The lowest BCUT2D eigenvalue weighted by molar-refractivity contribution is -0.142. The number of hydrogen-bond acceptors (Lipinski definition) is 4. The number of ether oxygens (including phenoxy) is 2. The topological polar surface area (TPSA) is 52.6 Å². The summed E-state index contributed by atoms with van der Waals surface area (Å²) in [6, 6.07) is 29.6. The third-order valence-corrected chi connectivity index (χ3v) is 7.03. The molecule has 0 saturated carbocycles. The molecule has 0 aromatic heterocycles. The van der Waals surface area contributed by atoms with Crippen molar-refractivity contribution in [2.75, 3.05) is 13.2 Å². The van der Waals surface area contributed by atoms with Gasteiger partial charge in [0, 0.05) is 17.1 Å². The minimum Gasteiger partial charge on any atom is -0.463 e. The van der Waals surface area contributed by atoms with Gasteiger partial charge in [0.15, 0.2) is 0 Å². The van der Waals surface area contributed by atoms with Crippen molar-refractivity contribution in [3.63, 3.8) is 0 Å². The van der Waals surface area contributed by atoms with E-state index < -0.39 is 17.4 Å². The molecule has 0 amide bonds. The van der Waals surface area contributed by atoms with Gasteiger partial charge in [-0.3, -0.25) is 0 Å². The molecule has 5 rings (SSSR count). The van der Waals surface area contributed by atoms with Crippen LogP contribution in [0, 0.1) is 17.8 Å². The van der Waals surface area contributed by atoms with E-state index in [4.69, 9.17) is 9.47 Å². The molecular weight excluding hydrogens is 460 g/mol. The quantitative estimate of drug-likeness (QED) is 0.321. The zero-order valence-corrected chi connectivity index (χ0v) is 21.0. The molecule has 0 saturated heterocycles. The highest BCUT2D eigenvalue weighted by Crippen LogP contribution is 2.63. The van der Waals surface area contributed by atoms with Crippen molar-refractivity contribution in [2.24, 2.45) is 5.92 Å². The molecule has 3 aromatic rings. The molecule has 0 spiro atoms. The Hall–Kier alpha value is -4.36. The summed E-state index contributed by atoms with van der Waals surface area (Å²) >= 11 is 0. The van der Waals surface area contributed by atoms with Crippen LogP contribution in [0.4, 0.5) is 0 Å². The Balaban J connectivity index is 1.85. The molecule has 0 fully saturated rings. The van der Waals surface area contributed by atoms with Crippen molar-refractivity contribution in [3.8, 4) is 11.8 Å². The van der Waals surface area contributed by atoms with Gasteiger partial charge >= 0.3 is 11.9 Å². The number of allylic oxidation sites excluding steroid dienone is 2. The average molecular weight is 489 g/mol. The van der Waals surface area contributed by atoms with E-state index in [1.165, 1.54) is 0 Å². The number of carbonyl (C=O) groups is 2. The van der Waals surface area contributed by atoms with Crippen LogP contribution in [0.25, 0.3) is 5.57 Å². The van der Waals surface area contributed by atoms with Gasteiger partial charge in [-0.15, -0.1) is 0 Å². The van der Waals surface area contributed by atoms with E-state index >= 15 is 0 Å². The van der Waals surface area contributed by atoms with Crippen molar-refractivity contribution in [3.05, 3.63) is 124 Å². The molecule has 0 aliphatic heterocycles. The summed E-state index contributed by atoms with van der Waals surface area (Å²) in [6.45, 7) is 3.96. The molecule has 2 atom stereocenters. The minimum atomic E-state index is -0.923. The van der Waals surface area contributed by atoms with Gasteiger partial charge in [0.2, 0.25) is 0 Å². The van der Waals surface area contributed by atoms with Crippen molar-refractivity contribution < 1.29 is 19.1 Å². The summed E-state index contributed by atoms with van der Waals surface area (Å²) in [4.78, 5) is 27.1. The third kappa shape index (κ3) is 4.17. The highest BCUT2D eigenvalue weighted by Gasteiger charge is 2.61. The van der Waals surface area contributed by atoms with E-state index in [-0.39, 0.29) is 19.1 Å². The van der Waals surface area contributed by atoms with Gasteiger partial charge in [0.1, 0.15) is 0 Å². The Kier molecular flexibility index (Phi) is 6.79. The maximum Gasteiger partial charge on any atom is 0.335 e. The normalized spacial score (nSPS) is 19.9. The van der Waals surface area contributed by atoms with Crippen molar-refractivity contribution >= 4 is 17.5 Å². The fourth-order valence-electron chi connectivity index (χ4n) is 5.66. The van der Waals surface area contributed by atoms with Gasteiger partial charge in [0.25, 0.3) is 0 Å². The molecule has 0 N–H and O–H groups in total. The van der Waals surface area contributed by atoms with Crippen LogP contribution >= 0.6 is 0 Å². The van der Waals surface area contributed by atoms with Crippen LogP contribution in [0.2, 0.25) is 0 Å². The monoisotopic (exact) mass is 488 g/mol. The van der Waals surface area contributed by atoms with Crippen molar-refractivity contribution in [2.45, 2.75) is 25.7 Å². The lowest BCUT2D eigenvalue weighted by atomic mass is 9.69. The molecule has 2 aliphatic carbocycles. The predicted octanol–water partition coefficient (Wildman–Crippen LogP) is 5.89. The van der Waals surface area contributed by atoms with E-state index in [9.17, 15) is 9.59 Å². The first-order valence-electron chi connectivity index (χ1n) is 12.6. The molecule has 2 aliphatic rings. The number of fused-ring (bicyclic) bond motifs is 2. The zero-order chi connectivity index (χ0) is 25.8. The smallest absolute Gasteiger partial charge is 0.335 e. The summed E-state index contributed by atoms with van der Waals surface area (Å²) in [7, 11) is 0. The maximum atomic E-state index is 13.6. The summed E-state index contributed by atoms with van der Waals surface area (Å²) in [5.74, 6) is 5.48. The Bertz CT molecular complexity index is 1440. The van der Waals surface area contributed by atoms with Gasteiger partial charge in [-0.1, -0.05) is 90.7 Å². The third-order valence-electron chi connectivity index (χ3n) is 7.03. The number of benzene rings is 3. The number of hydrogen-bond donors (Lipinski definition) is 0. The van der Waals surface area contributed by atoms with E-state index in [0.717, 1.165) is 27.8 Å². The Morgan fingerprint density at radius 1 is 0.784 bits per heavy atom. The van der Waals surface area contributed by atoms with E-state index in [0.29, 0.717) is 17.6 Å². The second kappa shape index (κ2) is 10.3. The van der Waals surface area contributed by atoms with Crippen LogP contribution in [0.3, 0.4) is 0 Å². The lowest BCUT2D eigenvalue weighted by Gasteiger charge is -2.32. The van der Waals surface area contributed by atoms with Gasteiger partial charge in [-0.05, 0) is 49.1 Å². The lowest BCUT2D eigenvalue weighted by Crippen LogP contribution is -2.33. The minimum absolute atomic E-state index is 0.203. The summed E-state index contributed by atoms with van der Waals surface area (Å²) in [5, 5.41) is 0. The maximum absolute atomic E-state index is 13.6. The number of esters is 2. The van der Waals surface area contributed by atoms with Crippen molar-refractivity contribution in [1.29, 1.82) is 0 Å². The molecule has 0 heterocycles. The standard InChI is InChI=1S/C33H28O4/c1-3-36-31(34)29-26-22-33(25-18-12-7-13-19-25,30(29)32(35)37-4-2)27(21-20-23-14-8-5-9-15-23)28(26)24-16-10-6-11-17-24/h5-19,26H,3-4,22H2,1-2H3. The van der Waals surface area contributed by atoms with Gasteiger partial charge in [-0.2, -0.15) is 0 Å². The predicted molar refractivity (Wildman–Crippen MR) is 143 cm³/mol. The van der Waals surface area contributed by atoms with E-state index in [1.54, 1.807) is 13.8 Å². The molecular formula is C33H28O4. The Labute approximate surface area is 217 Å². The first kappa shape index (κ1) is 24.3. The molecule has 4 heteroatoms. The fraction of sp³-hybridized carbons (Fsp3) is 0.212. The second-order valence-electron chi connectivity index (χ2n) is 9.03. The van der Waals surface area contributed by atoms with E-state index in [1.807, 2.05) is 91.0 Å². The van der Waals surface area contributed by atoms with Crippen LogP contribution in [-0.4, -0.2) is 25.2 Å². The highest BCUT2D eigenvalue weighted by atomic mass is 16.5. The fourth-order valence-corrected chi connectivity index (χ4v) is 5.66. The molecule has 0 radical (unpaired) electrons. The summed E-state index contributed by atoms with van der Waals surface area (Å²) < 4.78 is 11.1. The zero-order valence-electron chi connectivity index (χ0n) is 21.0. The molecule has 3 aromatic carbocycles. The van der Waals surface area contributed by atoms with Gasteiger partial charge in [-0.25, -0.2) is 9.59 Å². The number of carbonyl (C=O) groups excluding carboxylic acids is 2. The molecule has 37 heavy (non-hydrogen) atoms. The van der Waals surface area contributed by atoms with Gasteiger partial charge in [0.05, 0.1) is 29.8 Å². The van der Waals surface area contributed by atoms with Crippen LogP contribution in [0.15, 0.2) is 108 Å². The second-order valence-corrected chi connectivity index (χ2v) is 9.03. The SMILES string of the molecule is CCOC(=O)C1=C(C(=O)OCC)C2(c3ccccc3)CC1C(c1ccccc1)=C2C#Cc1ccccc1. The Morgan fingerprint density at radius 2 is 1.35 bits per heavy atom. The summed E-state index contributed by atoms with van der Waals surface area (Å²) in [6.07, 6.45) is 0.516. The van der Waals surface area contributed by atoms with Gasteiger partial charge < -0.3 is 9.47 Å². The molecule has 4 nitrogen and oxygen atoms in total. The largest absolute Gasteiger partial charge is 0.463 e. The van der Waals surface area contributed by atoms with Crippen LogP contribution in [-0.2, 0) is 24.5 Å².